The van der Waals surface area contributed by atoms with E-state index in [9.17, 15) is 5.11 Å². The first-order valence-corrected chi connectivity index (χ1v) is 10.7. The summed E-state index contributed by atoms with van der Waals surface area (Å²) in [5.74, 6) is 1.55. The highest BCUT2D eigenvalue weighted by atomic mass is 32.1. The van der Waals surface area contributed by atoms with Crippen LogP contribution in [0.3, 0.4) is 0 Å². The van der Waals surface area contributed by atoms with E-state index in [0.717, 1.165) is 38.1 Å². The normalized spacial score (nSPS) is 13.0. The van der Waals surface area contributed by atoms with Gasteiger partial charge < -0.3 is 9.52 Å². The highest BCUT2D eigenvalue weighted by Gasteiger charge is 2.31. The van der Waals surface area contributed by atoms with Gasteiger partial charge in [-0.1, -0.05) is 25.1 Å². The van der Waals surface area contributed by atoms with Crippen LogP contribution in [0.15, 0.2) is 59.4 Å². The third kappa shape index (κ3) is 6.20. The molecule has 2 aromatic rings. The van der Waals surface area contributed by atoms with Crippen LogP contribution in [0.4, 0.5) is 0 Å². The Morgan fingerprint density at radius 2 is 1.89 bits per heavy atom. The molecule has 0 unspecified atom stereocenters. The van der Waals surface area contributed by atoms with Gasteiger partial charge in [0.15, 0.2) is 0 Å². The minimum atomic E-state index is -0.963. The van der Waals surface area contributed by atoms with Crippen LogP contribution in [0.25, 0.3) is 0 Å². The minimum Gasteiger partial charge on any atom is -0.462 e. The maximum atomic E-state index is 11.2. The Morgan fingerprint density at radius 3 is 2.44 bits per heavy atom. The molecule has 0 saturated carbocycles. The lowest BCUT2D eigenvalue weighted by molar-refractivity contribution is -0.00238. The van der Waals surface area contributed by atoms with Crippen molar-refractivity contribution in [2.24, 2.45) is 0 Å². The molecule has 0 aromatic carbocycles. The molecule has 0 bridgehead atoms. The van der Waals surface area contributed by atoms with Gasteiger partial charge in [-0.25, -0.2) is 0 Å². The molecule has 2 heterocycles. The van der Waals surface area contributed by atoms with E-state index in [1.165, 1.54) is 4.88 Å². The Kier molecular flexibility index (Phi) is 8.55. The summed E-state index contributed by atoms with van der Waals surface area (Å²) in [6.45, 7) is 13.7. The van der Waals surface area contributed by atoms with Crippen molar-refractivity contribution in [3.05, 3.63) is 71.4 Å². The molecule has 1 N–H and O–H groups in total. The molecule has 0 saturated heterocycles. The third-order valence-electron chi connectivity index (χ3n) is 5.16. The fourth-order valence-corrected chi connectivity index (χ4v) is 3.92. The molecule has 0 aliphatic carbocycles. The van der Waals surface area contributed by atoms with Crippen LogP contribution >= 0.6 is 11.3 Å². The monoisotopic (exact) mass is 387 g/mol. The molecule has 0 spiro atoms. The minimum absolute atomic E-state index is 0.459. The van der Waals surface area contributed by atoms with E-state index in [1.807, 2.05) is 24.3 Å². The number of nitrogens with zero attached hydrogens (tertiary/aromatic N) is 1. The number of hydrogen-bond donors (Lipinski definition) is 1. The van der Waals surface area contributed by atoms with Gasteiger partial charge in [-0.05, 0) is 62.6 Å². The summed E-state index contributed by atoms with van der Waals surface area (Å²) in [6.07, 6.45) is 7.50. The maximum Gasteiger partial charge on any atom is 0.135 e. The van der Waals surface area contributed by atoms with Gasteiger partial charge in [-0.15, -0.1) is 24.5 Å². The van der Waals surface area contributed by atoms with E-state index in [4.69, 9.17) is 4.42 Å². The lowest BCUT2D eigenvalue weighted by Crippen LogP contribution is -2.31. The Hall–Kier alpha value is -1.62. The Bertz CT molecular complexity index is 677. The number of allylic oxidation sites excluding steroid dienone is 2. The Morgan fingerprint density at radius 1 is 1.19 bits per heavy atom. The smallest absolute Gasteiger partial charge is 0.135 e. The first-order valence-electron chi connectivity index (χ1n) is 9.82. The van der Waals surface area contributed by atoms with Crippen LogP contribution < -0.4 is 0 Å². The Balaban J connectivity index is 2.14. The molecule has 4 heteroatoms. The number of aliphatic hydroxyl groups is 1. The van der Waals surface area contributed by atoms with Gasteiger partial charge in [0.25, 0.3) is 0 Å². The molecule has 2 rings (SSSR count). The number of rotatable bonds is 13. The lowest BCUT2D eigenvalue weighted by Gasteiger charge is -2.27. The first kappa shape index (κ1) is 21.7. The van der Waals surface area contributed by atoms with E-state index < -0.39 is 5.60 Å². The van der Waals surface area contributed by atoms with Crippen molar-refractivity contribution in [3.63, 3.8) is 0 Å². The molecular weight excluding hydrogens is 354 g/mol. The quantitative estimate of drug-likeness (QED) is 0.412. The van der Waals surface area contributed by atoms with E-state index in [-0.39, 0.29) is 0 Å². The highest BCUT2D eigenvalue weighted by Crippen LogP contribution is 2.33. The summed E-state index contributed by atoms with van der Waals surface area (Å²) in [7, 11) is 0. The second kappa shape index (κ2) is 10.6. The van der Waals surface area contributed by atoms with Crippen LogP contribution in [0.2, 0.25) is 0 Å². The van der Waals surface area contributed by atoms with Crippen molar-refractivity contribution < 1.29 is 9.52 Å². The summed E-state index contributed by atoms with van der Waals surface area (Å²) in [4.78, 5) is 3.79. The molecule has 1 atom stereocenters. The fourth-order valence-electron chi connectivity index (χ4n) is 3.19. The summed E-state index contributed by atoms with van der Waals surface area (Å²) in [6, 6.07) is 8.67. The van der Waals surface area contributed by atoms with Crippen molar-refractivity contribution in [2.45, 2.75) is 70.7 Å². The standard InChI is InChI=1S/C23H33NO2S/c1-5-8-14-23(25,15-9-6-2)22-13-12-20(26-22)17-24(19(4)7-3)18-21-11-10-16-27-21/h5-6,10-13,16,19,25H,1-2,7-9,14-15,17-18H2,3-4H3/t19-/m0/s1. The average Bonchev–Trinajstić information content (AvgIpc) is 3.36. The molecular formula is C23H33NO2S. The van der Waals surface area contributed by atoms with Gasteiger partial charge in [0.05, 0.1) is 6.54 Å². The van der Waals surface area contributed by atoms with Gasteiger partial charge in [0, 0.05) is 17.5 Å². The summed E-state index contributed by atoms with van der Waals surface area (Å²) in [5.41, 5.74) is -0.963. The third-order valence-corrected chi connectivity index (χ3v) is 6.02. The summed E-state index contributed by atoms with van der Waals surface area (Å²) in [5, 5.41) is 13.3. The predicted octanol–water partition coefficient (Wildman–Crippen LogP) is 6.26. The van der Waals surface area contributed by atoms with Gasteiger partial charge in [0.1, 0.15) is 17.1 Å². The summed E-state index contributed by atoms with van der Waals surface area (Å²) >= 11 is 1.79. The second-order valence-corrected chi connectivity index (χ2v) is 8.23. The van der Waals surface area contributed by atoms with Crippen LogP contribution in [0.5, 0.6) is 0 Å². The molecule has 0 fully saturated rings. The van der Waals surface area contributed by atoms with E-state index in [0.29, 0.717) is 24.6 Å². The number of hydrogen-bond acceptors (Lipinski definition) is 4. The molecule has 0 amide bonds. The number of thiophene rings is 1. The average molecular weight is 388 g/mol. The molecule has 2 aromatic heterocycles. The van der Waals surface area contributed by atoms with Gasteiger partial charge in [-0.3, -0.25) is 4.90 Å². The molecule has 27 heavy (non-hydrogen) atoms. The maximum absolute atomic E-state index is 11.2. The van der Waals surface area contributed by atoms with Crippen LogP contribution in [0, 0.1) is 0 Å². The van der Waals surface area contributed by atoms with Crippen molar-refractivity contribution in [1.82, 2.24) is 4.90 Å². The van der Waals surface area contributed by atoms with E-state index in [1.54, 1.807) is 11.3 Å². The van der Waals surface area contributed by atoms with E-state index >= 15 is 0 Å². The second-order valence-electron chi connectivity index (χ2n) is 7.19. The van der Waals surface area contributed by atoms with Crippen molar-refractivity contribution in [3.8, 4) is 0 Å². The first-order chi connectivity index (χ1) is 13.0. The fraction of sp³-hybridized carbons (Fsp3) is 0.478. The lowest BCUT2D eigenvalue weighted by atomic mass is 9.89. The van der Waals surface area contributed by atoms with Crippen LogP contribution in [0.1, 0.15) is 62.3 Å². The van der Waals surface area contributed by atoms with Crippen LogP contribution in [-0.4, -0.2) is 16.0 Å². The molecule has 3 nitrogen and oxygen atoms in total. The van der Waals surface area contributed by atoms with Crippen molar-refractivity contribution in [2.75, 3.05) is 0 Å². The van der Waals surface area contributed by atoms with Gasteiger partial charge in [-0.2, -0.15) is 0 Å². The zero-order valence-electron chi connectivity index (χ0n) is 16.7. The molecule has 0 radical (unpaired) electrons. The topological polar surface area (TPSA) is 36.6 Å². The van der Waals surface area contributed by atoms with E-state index in [2.05, 4.69) is 49.4 Å². The molecule has 0 aliphatic rings. The van der Waals surface area contributed by atoms with Gasteiger partial charge >= 0.3 is 0 Å². The molecule has 0 aliphatic heterocycles. The largest absolute Gasteiger partial charge is 0.462 e. The SMILES string of the molecule is C=CCCC(O)(CCC=C)c1ccc(CN(Cc2cccs2)[C@@H](C)CC)o1. The zero-order chi connectivity index (χ0) is 19.7. The van der Waals surface area contributed by atoms with Crippen molar-refractivity contribution in [1.29, 1.82) is 0 Å². The zero-order valence-corrected chi connectivity index (χ0v) is 17.5. The van der Waals surface area contributed by atoms with Gasteiger partial charge in [0.2, 0.25) is 0 Å². The number of furan rings is 1. The Labute approximate surface area is 168 Å². The highest BCUT2D eigenvalue weighted by molar-refractivity contribution is 7.09. The predicted molar refractivity (Wildman–Crippen MR) is 115 cm³/mol. The summed E-state index contributed by atoms with van der Waals surface area (Å²) < 4.78 is 6.13. The molecule has 148 valence electrons. The van der Waals surface area contributed by atoms with Crippen molar-refractivity contribution >= 4 is 11.3 Å². The van der Waals surface area contributed by atoms with Crippen LogP contribution in [-0.2, 0) is 18.7 Å².